The first-order valence-corrected chi connectivity index (χ1v) is 8.10. The largest absolute Gasteiger partial charge is 0.333 e. The van der Waals surface area contributed by atoms with Gasteiger partial charge in [0, 0.05) is 37.8 Å². The number of rotatable bonds is 4. The lowest BCUT2D eigenvalue weighted by atomic mass is 10.2. The highest BCUT2D eigenvalue weighted by atomic mass is 16.1. The maximum Gasteiger partial charge on any atom is 0.166 e. The Labute approximate surface area is 144 Å². The fourth-order valence-corrected chi connectivity index (χ4v) is 3.19. The summed E-state index contributed by atoms with van der Waals surface area (Å²) in [5.41, 5.74) is 4.11. The summed E-state index contributed by atoms with van der Waals surface area (Å²) in [6.45, 7) is 4.65. The maximum absolute atomic E-state index is 11.4. The molecule has 0 saturated carbocycles. The molecule has 8 nitrogen and oxygen atoms in total. The van der Waals surface area contributed by atoms with Gasteiger partial charge in [-0.3, -0.25) is 9.48 Å². The molecule has 0 aromatic carbocycles. The van der Waals surface area contributed by atoms with E-state index in [0.29, 0.717) is 23.9 Å². The van der Waals surface area contributed by atoms with Gasteiger partial charge in [-0.25, -0.2) is 9.97 Å². The molecule has 4 rings (SSSR count). The molecule has 4 aromatic rings. The van der Waals surface area contributed by atoms with Crippen molar-refractivity contribution in [1.82, 2.24) is 28.9 Å². The lowest BCUT2D eigenvalue weighted by Crippen LogP contribution is -2.03. The number of aryl methyl sites for hydroxylation is 4. The van der Waals surface area contributed by atoms with Gasteiger partial charge in [-0.1, -0.05) is 0 Å². The van der Waals surface area contributed by atoms with Gasteiger partial charge in [-0.15, -0.1) is 0 Å². The van der Waals surface area contributed by atoms with E-state index in [0.717, 1.165) is 34.0 Å². The zero-order valence-corrected chi connectivity index (χ0v) is 14.6. The number of hydrogen-bond donors (Lipinski definition) is 1. The van der Waals surface area contributed by atoms with Crippen molar-refractivity contribution in [2.24, 2.45) is 14.1 Å². The average molecular weight is 337 g/mol. The second kappa shape index (κ2) is 5.44. The monoisotopic (exact) mass is 337 g/mol. The van der Waals surface area contributed by atoms with E-state index in [1.165, 1.54) is 0 Å². The minimum atomic E-state index is 0.610. The Morgan fingerprint density at radius 2 is 2.08 bits per heavy atom. The smallest absolute Gasteiger partial charge is 0.166 e. The minimum Gasteiger partial charge on any atom is -0.333 e. The third-order valence-electron chi connectivity index (χ3n) is 4.53. The summed E-state index contributed by atoms with van der Waals surface area (Å²) in [5, 5.41) is 8.62. The number of imidazole rings is 1. The molecule has 0 unspecified atom stereocenters. The summed E-state index contributed by atoms with van der Waals surface area (Å²) in [5.74, 6) is 1.34. The number of fused-ring (bicyclic) bond motifs is 3. The van der Waals surface area contributed by atoms with Gasteiger partial charge in [-0.05, 0) is 19.9 Å². The molecule has 0 saturated heterocycles. The molecule has 0 aliphatic heterocycles. The van der Waals surface area contributed by atoms with Crippen molar-refractivity contribution in [1.29, 1.82) is 0 Å². The Kier molecular flexibility index (Phi) is 3.34. The number of aromatic nitrogens is 6. The highest BCUT2D eigenvalue weighted by molar-refractivity contribution is 6.08. The summed E-state index contributed by atoms with van der Waals surface area (Å²) in [6, 6.07) is 3.83. The molecule has 4 heterocycles. The second-order valence-corrected chi connectivity index (χ2v) is 6.10. The molecule has 4 aromatic heterocycles. The quantitative estimate of drug-likeness (QED) is 0.579. The number of aldehydes is 1. The predicted molar refractivity (Wildman–Crippen MR) is 96.3 cm³/mol. The van der Waals surface area contributed by atoms with Crippen LogP contribution in [0.1, 0.15) is 23.1 Å². The Bertz CT molecular complexity index is 1100. The van der Waals surface area contributed by atoms with Crippen molar-refractivity contribution in [3.8, 4) is 0 Å². The van der Waals surface area contributed by atoms with Gasteiger partial charge < -0.3 is 14.5 Å². The number of anilines is 2. The third-order valence-corrected chi connectivity index (χ3v) is 4.53. The topological polar surface area (TPSA) is 82.6 Å². The molecular weight excluding hydrogens is 318 g/mol. The lowest BCUT2D eigenvalue weighted by molar-refractivity contribution is 0.111. The SMILES string of the molecule is CCn1c(C=O)cc2c3c(ncn3C)c(Nc3cc(C)n(C)n3)nc21. The molecule has 128 valence electrons. The van der Waals surface area contributed by atoms with Crippen LogP contribution in [0, 0.1) is 6.92 Å². The van der Waals surface area contributed by atoms with E-state index in [9.17, 15) is 4.79 Å². The van der Waals surface area contributed by atoms with E-state index >= 15 is 0 Å². The van der Waals surface area contributed by atoms with Gasteiger partial charge in [0.2, 0.25) is 0 Å². The average Bonchev–Trinajstić information content (AvgIpc) is 3.23. The number of nitrogens with zero attached hydrogens (tertiary/aromatic N) is 6. The maximum atomic E-state index is 11.4. The van der Waals surface area contributed by atoms with Gasteiger partial charge >= 0.3 is 0 Å². The van der Waals surface area contributed by atoms with Crippen LogP contribution in [0.2, 0.25) is 0 Å². The molecular formula is C17H19N7O. The highest BCUT2D eigenvalue weighted by Crippen LogP contribution is 2.31. The summed E-state index contributed by atoms with van der Waals surface area (Å²) in [4.78, 5) is 20.7. The van der Waals surface area contributed by atoms with Gasteiger partial charge in [0.25, 0.3) is 0 Å². The molecule has 1 N–H and O–H groups in total. The van der Waals surface area contributed by atoms with E-state index < -0.39 is 0 Å². The molecule has 0 spiro atoms. The van der Waals surface area contributed by atoms with Crippen LogP contribution in [0.3, 0.4) is 0 Å². The first-order valence-electron chi connectivity index (χ1n) is 8.10. The Hall–Kier alpha value is -3.16. The second-order valence-electron chi connectivity index (χ2n) is 6.10. The zero-order chi connectivity index (χ0) is 17.7. The highest BCUT2D eigenvalue weighted by Gasteiger charge is 2.18. The van der Waals surface area contributed by atoms with E-state index in [1.54, 1.807) is 11.0 Å². The van der Waals surface area contributed by atoms with Crippen LogP contribution >= 0.6 is 0 Å². The van der Waals surface area contributed by atoms with Crippen molar-refractivity contribution in [3.63, 3.8) is 0 Å². The minimum absolute atomic E-state index is 0.610. The van der Waals surface area contributed by atoms with Crippen molar-refractivity contribution >= 4 is 40.0 Å². The first kappa shape index (κ1) is 15.4. The van der Waals surface area contributed by atoms with Crippen LogP contribution in [0.4, 0.5) is 11.6 Å². The van der Waals surface area contributed by atoms with Crippen molar-refractivity contribution in [2.75, 3.05) is 5.32 Å². The summed E-state index contributed by atoms with van der Waals surface area (Å²) < 4.78 is 5.65. The number of hydrogen-bond acceptors (Lipinski definition) is 5. The zero-order valence-electron chi connectivity index (χ0n) is 14.6. The molecule has 0 amide bonds. The van der Waals surface area contributed by atoms with Crippen LogP contribution in [0.15, 0.2) is 18.5 Å². The van der Waals surface area contributed by atoms with Gasteiger partial charge in [0.1, 0.15) is 11.2 Å². The van der Waals surface area contributed by atoms with Gasteiger partial charge in [0.05, 0.1) is 17.5 Å². The molecule has 0 bridgehead atoms. The Morgan fingerprint density at radius 3 is 2.72 bits per heavy atom. The molecule has 25 heavy (non-hydrogen) atoms. The molecule has 8 heteroatoms. The van der Waals surface area contributed by atoms with Crippen molar-refractivity contribution in [3.05, 3.63) is 29.8 Å². The Balaban J connectivity index is 2.00. The third kappa shape index (κ3) is 2.21. The van der Waals surface area contributed by atoms with E-state index in [2.05, 4.69) is 15.4 Å². The van der Waals surface area contributed by atoms with Gasteiger partial charge in [-0.2, -0.15) is 5.10 Å². The predicted octanol–water partition coefficient (Wildman–Crippen LogP) is 2.54. The fourth-order valence-electron chi connectivity index (χ4n) is 3.19. The van der Waals surface area contributed by atoms with Crippen molar-refractivity contribution < 1.29 is 4.79 Å². The van der Waals surface area contributed by atoms with Crippen molar-refractivity contribution in [2.45, 2.75) is 20.4 Å². The lowest BCUT2D eigenvalue weighted by Gasteiger charge is -2.08. The van der Waals surface area contributed by atoms with E-state index in [1.807, 2.05) is 49.2 Å². The summed E-state index contributed by atoms with van der Waals surface area (Å²) in [7, 11) is 3.83. The van der Waals surface area contributed by atoms with Crippen LogP contribution in [-0.2, 0) is 20.6 Å². The number of nitrogens with one attached hydrogen (secondary N) is 1. The summed E-state index contributed by atoms with van der Waals surface area (Å²) >= 11 is 0. The number of carbonyl (C=O) groups excluding carboxylic acids is 1. The van der Waals surface area contributed by atoms with E-state index in [-0.39, 0.29) is 0 Å². The van der Waals surface area contributed by atoms with Crippen LogP contribution in [0.25, 0.3) is 22.1 Å². The Morgan fingerprint density at radius 1 is 1.28 bits per heavy atom. The fraction of sp³-hybridized carbons (Fsp3) is 0.294. The molecule has 0 atom stereocenters. The molecule has 0 radical (unpaired) electrons. The molecule has 0 fully saturated rings. The van der Waals surface area contributed by atoms with Crippen LogP contribution in [-0.4, -0.2) is 35.2 Å². The van der Waals surface area contributed by atoms with E-state index in [4.69, 9.17) is 4.98 Å². The van der Waals surface area contributed by atoms with Gasteiger partial charge in [0.15, 0.2) is 17.9 Å². The van der Waals surface area contributed by atoms with Crippen LogP contribution in [0.5, 0.6) is 0 Å². The normalized spacial score (nSPS) is 11.5. The molecule has 0 aliphatic rings. The standard InChI is InChI=1S/C17H19N7O/c1-5-24-11(8-25)7-12-15-14(18-9-22(15)3)16(20-17(12)24)19-13-6-10(2)23(4)21-13/h6-9H,5H2,1-4H3,(H,19,20,21). The first-order chi connectivity index (χ1) is 12.0. The van der Waals surface area contributed by atoms with Crippen LogP contribution < -0.4 is 5.32 Å². The summed E-state index contributed by atoms with van der Waals surface area (Å²) in [6.07, 6.45) is 2.62. The number of pyridine rings is 1. The number of carbonyl (C=O) groups is 1. The molecule has 0 aliphatic carbocycles.